The van der Waals surface area contributed by atoms with E-state index in [1.54, 1.807) is 0 Å². The zero-order valence-corrected chi connectivity index (χ0v) is 78.9. The molecule has 0 saturated carbocycles. The number of hydrogen-bond acceptors (Lipinski definition) is 9. The molecular formula is C127H105N9. The first-order valence-corrected chi connectivity index (χ1v) is 47.1. The van der Waals surface area contributed by atoms with Crippen molar-refractivity contribution in [3.05, 3.63) is 452 Å². The maximum atomic E-state index is 5.12. The quantitative estimate of drug-likeness (QED) is 0.111. The topological polar surface area (TPSA) is 116 Å². The minimum Gasteiger partial charge on any atom is -0.208 e. The molecule has 3 aliphatic rings. The molecule has 0 radical (unpaired) electrons. The fourth-order valence-corrected chi connectivity index (χ4v) is 20.1. The second kappa shape index (κ2) is 34.9. The third kappa shape index (κ3) is 15.9. The van der Waals surface area contributed by atoms with Crippen molar-refractivity contribution in [3.8, 4) is 180 Å². The first-order valence-electron chi connectivity index (χ1n) is 47.1. The van der Waals surface area contributed by atoms with Crippen LogP contribution in [0.3, 0.4) is 0 Å². The van der Waals surface area contributed by atoms with E-state index in [4.69, 9.17) is 44.9 Å². The summed E-state index contributed by atoms with van der Waals surface area (Å²) in [6, 6.07) is 148. The van der Waals surface area contributed by atoms with E-state index in [0.29, 0.717) is 52.4 Å². The van der Waals surface area contributed by atoms with E-state index in [1.165, 1.54) is 111 Å². The predicted molar refractivity (Wildman–Crippen MR) is 562 cm³/mol. The molecule has 23 rings (SSSR count). The Morgan fingerprint density at radius 3 is 0.507 bits per heavy atom. The lowest BCUT2D eigenvalue weighted by Gasteiger charge is -2.48. The Hall–Kier alpha value is -16.0. The number of hydrogen-bond donors (Lipinski definition) is 0. The van der Waals surface area contributed by atoms with E-state index >= 15 is 0 Å². The van der Waals surface area contributed by atoms with Gasteiger partial charge in [0, 0.05) is 50.1 Å². The van der Waals surface area contributed by atoms with Crippen LogP contribution in [0.1, 0.15) is 116 Å². The Morgan fingerprint density at radius 1 is 0.118 bits per heavy atom. The van der Waals surface area contributed by atoms with Crippen molar-refractivity contribution in [1.29, 1.82) is 0 Å². The summed E-state index contributed by atoms with van der Waals surface area (Å²) in [6.45, 7) is 28.4. The number of benzene rings is 17. The van der Waals surface area contributed by atoms with Gasteiger partial charge < -0.3 is 0 Å². The van der Waals surface area contributed by atoms with Gasteiger partial charge in [-0.25, -0.2) is 44.9 Å². The van der Waals surface area contributed by atoms with Gasteiger partial charge in [0.05, 0.1) is 0 Å². The van der Waals surface area contributed by atoms with E-state index in [-0.39, 0.29) is 32.5 Å². The summed E-state index contributed by atoms with van der Waals surface area (Å²) in [4.78, 5) is 45.3. The van der Waals surface area contributed by atoms with Gasteiger partial charge in [0.1, 0.15) is 0 Å². The van der Waals surface area contributed by atoms with Crippen molar-refractivity contribution in [3.63, 3.8) is 0 Å². The summed E-state index contributed by atoms with van der Waals surface area (Å²) in [5.74, 6) is 6.00. The molecule has 0 atom stereocenters. The summed E-state index contributed by atoms with van der Waals surface area (Å²) in [6.07, 6.45) is 0. The van der Waals surface area contributed by atoms with Gasteiger partial charge in [-0.15, -0.1) is 0 Å². The van der Waals surface area contributed by atoms with Crippen molar-refractivity contribution in [2.45, 2.75) is 116 Å². The van der Waals surface area contributed by atoms with Crippen LogP contribution in [-0.2, 0) is 32.5 Å². The smallest absolute Gasteiger partial charge is 0.164 e. The lowest BCUT2D eigenvalue weighted by molar-refractivity contribution is 0.299. The number of nitrogens with zero attached hydrogens (tertiary/aromatic N) is 9. The highest BCUT2D eigenvalue weighted by molar-refractivity contribution is 5.91. The molecule has 0 saturated heterocycles. The Morgan fingerprint density at radius 2 is 0.265 bits per heavy atom. The third-order valence-electron chi connectivity index (χ3n) is 30.1. The first-order chi connectivity index (χ1) is 65.9. The average Bonchev–Trinajstić information content (AvgIpc) is 0.716. The maximum Gasteiger partial charge on any atom is 0.164 e. The molecular weight excluding hydrogens is 1650 g/mol. The lowest BCUT2D eigenvalue weighted by Crippen LogP contribution is -2.43. The molecule has 9 nitrogen and oxygen atoms in total. The van der Waals surface area contributed by atoms with Crippen molar-refractivity contribution < 1.29 is 0 Å². The van der Waals surface area contributed by atoms with Crippen molar-refractivity contribution in [2.24, 2.45) is 0 Å². The molecule has 0 aliphatic heterocycles. The molecule has 0 amide bonds. The molecule has 136 heavy (non-hydrogen) atoms. The van der Waals surface area contributed by atoms with Crippen LogP contribution in [0.2, 0.25) is 0 Å². The van der Waals surface area contributed by atoms with E-state index in [0.717, 1.165) is 61.0 Å². The number of fused-ring (bicyclic) bond motifs is 10. The molecule has 3 heterocycles. The van der Waals surface area contributed by atoms with Crippen LogP contribution in [0.5, 0.6) is 0 Å². The van der Waals surface area contributed by atoms with E-state index in [9.17, 15) is 0 Å². The monoisotopic (exact) mass is 1760 g/mol. The summed E-state index contributed by atoms with van der Waals surface area (Å²) < 4.78 is 0. The van der Waals surface area contributed by atoms with Gasteiger partial charge >= 0.3 is 0 Å². The molecule has 0 spiro atoms. The summed E-state index contributed by atoms with van der Waals surface area (Å²) in [7, 11) is 0. The Labute approximate surface area is 798 Å². The van der Waals surface area contributed by atoms with Gasteiger partial charge in [0.2, 0.25) is 0 Å². The zero-order chi connectivity index (χ0) is 93.2. The van der Waals surface area contributed by atoms with Gasteiger partial charge in [-0.2, -0.15) is 0 Å². The fraction of sp³-hybridized carbons (Fsp3) is 0.142. The molecule has 0 N–H and O–H groups in total. The van der Waals surface area contributed by atoms with Crippen LogP contribution < -0.4 is 0 Å². The highest BCUT2D eigenvalue weighted by atomic mass is 15.1. The highest BCUT2D eigenvalue weighted by Gasteiger charge is 2.49. The molecule has 3 aliphatic carbocycles. The maximum absolute atomic E-state index is 5.12. The van der Waals surface area contributed by atoms with Gasteiger partial charge in [-0.3, -0.25) is 0 Å². The second-order valence-corrected chi connectivity index (χ2v) is 39.3. The van der Waals surface area contributed by atoms with Crippen LogP contribution in [0, 0.1) is 0 Å². The minimum atomic E-state index is -0.0952. The van der Waals surface area contributed by atoms with Crippen LogP contribution in [0.4, 0.5) is 0 Å². The molecule has 20 aromatic rings. The van der Waals surface area contributed by atoms with E-state index in [2.05, 4.69) is 399 Å². The number of aromatic nitrogens is 9. The van der Waals surface area contributed by atoms with Crippen molar-refractivity contribution >= 4 is 10.8 Å². The molecule has 17 aromatic carbocycles. The third-order valence-corrected chi connectivity index (χ3v) is 30.1. The predicted octanol–water partition coefficient (Wildman–Crippen LogP) is 32.1. The Bertz CT molecular complexity index is 7840. The van der Waals surface area contributed by atoms with Crippen LogP contribution in [0.25, 0.3) is 191 Å². The largest absolute Gasteiger partial charge is 0.208 e. The van der Waals surface area contributed by atoms with Gasteiger partial charge in [0.15, 0.2) is 52.4 Å². The molecule has 658 valence electrons. The second-order valence-electron chi connectivity index (χ2n) is 39.3. The molecule has 0 unspecified atom stereocenters. The lowest BCUT2D eigenvalue weighted by atomic mass is 9.55. The molecule has 0 fully saturated rings. The van der Waals surface area contributed by atoms with Crippen molar-refractivity contribution in [1.82, 2.24) is 44.9 Å². The van der Waals surface area contributed by atoms with E-state index < -0.39 is 0 Å². The first kappa shape index (κ1) is 86.7. The molecule has 0 bridgehead atoms. The van der Waals surface area contributed by atoms with Crippen molar-refractivity contribution in [2.75, 3.05) is 0 Å². The molecule has 9 heteroatoms. The summed E-state index contributed by atoms with van der Waals surface area (Å²) in [5, 5.41) is 2.35. The molecule has 3 aromatic heterocycles. The summed E-state index contributed by atoms with van der Waals surface area (Å²) >= 11 is 0. The average molecular weight is 1760 g/mol. The summed E-state index contributed by atoms with van der Waals surface area (Å²) in [5.41, 5.74) is 33.6. The highest BCUT2D eigenvalue weighted by Crippen LogP contribution is 2.59. The zero-order valence-electron chi connectivity index (χ0n) is 78.9. The van der Waals surface area contributed by atoms with Crippen LogP contribution in [-0.4, -0.2) is 44.9 Å². The number of rotatable bonds is 13. The Kier molecular flexibility index (Phi) is 22.2. The van der Waals surface area contributed by atoms with Crippen LogP contribution in [0.15, 0.2) is 419 Å². The van der Waals surface area contributed by atoms with Gasteiger partial charge in [-0.1, -0.05) is 459 Å². The fourth-order valence-electron chi connectivity index (χ4n) is 20.1. The standard InChI is InChI=1S/C45H37N3.C43H35N3.C39H33N3/c1-44(2)39-26-24-35(31-16-10-6-11-17-31)28-37(39)38-29-36(25-27-40(38)45(44,3)4)43-47-41(33-18-12-7-13-19-33)46-42(48-43)34-22-20-32(21-23-34)30-14-8-5-9-15-30;1-42(2)37-23-21-32(28-13-7-5-8-14-28)26-35(37)36-27-34(22-24-38(36)43(42,3)4)41-45-39(30-16-9-6-10-17-30)44-40(46-41)33-20-19-29-15-11-12-18-31(29)25-33;1-38(2)33-22-20-29(26-14-8-5-9-15-26)24-31(33)32-25-30(21-23-34(32)39(38,3)4)37-41-35(27-16-10-6-11-17-27)40-36(42-37)28-18-12-7-13-19-28/h5-29H,1-4H3;5-27H,1-4H3;5-25H,1-4H3. The van der Waals surface area contributed by atoms with Crippen LogP contribution >= 0.6 is 0 Å². The van der Waals surface area contributed by atoms with E-state index in [1.807, 2.05) is 103 Å². The normalized spacial score (nSPS) is 14.4. The van der Waals surface area contributed by atoms with Gasteiger partial charge in [0.25, 0.3) is 0 Å². The minimum absolute atomic E-state index is 0.0554. The van der Waals surface area contributed by atoms with Gasteiger partial charge in [-0.05, 0) is 197 Å². The SMILES string of the molecule is CC1(C)c2ccc(-c3ccccc3)cc2-c2cc(-c3nc(-c4ccccc4)nc(-c4ccc(-c5ccccc5)cc4)n3)ccc2C1(C)C.CC1(C)c2ccc(-c3ccccc3)cc2-c2cc(-c3nc(-c4ccccc4)nc(-c4ccc5ccccc5c4)n3)ccc2C1(C)C.CC1(C)c2ccc(-c3ccccc3)cc2-c2cc(-c3nc(-c4ccccc4)nc(-c4ccccc4)n3)ccc2C1(C)C. The Balaban J connectivity index is 0.000000122.